The molecule has 98 valence electrons. The molecule has 1 heterocycles. The van der Waals surface area contributed by atoms with Crippen molar-refractivity contribution >= 4 is 5.69 Å². The minimum Gasteiger partial charge on any atom is -0.380 e. The summed E-state index contributed by atoms with van der Waals surface area (Å²) in [7, 11) is 0. The molecule has 1 spiro atoms. The lowest BCUT2D eigenvalue weighted by molar-refractivity contribution is -0.0307. The van der Waals surface area contributed by atoms with Gasteiger partial charge in [-0.2, -0.15) is 0 Å². The minimum absolute atomic E-state index is 0.168. The van der Waals surface area contributed by atoms with E-state index in [2.05, 4.69) is 5.32 Å². The Morgan fingerprint density at radius 2 is 2.00 bits per heavy atom. The normalized spacial score (nSPS) is 25.7. The van der Waals surface area contributed by atoms with E-state index < -0.39 is 0 Å². The second-order valence-electron chi connectivity index (χ2n) is 5.53. The van der Waals surface area contributed by atoms with Crippen LogP contribution in [0.3, 0.4) is 0 Å². The number of nitrogens with one attached hydrogen (secondary N) is 1. The molecule has 18 heavy (non-hydrogen) atoms. The Hall–Kier alpha value is -1.09. The zero-order chi connectivity index (χ0) is 12.4. The van der Waals surface area contributed by atoms with Gasteiger partial charge in [-0.15, -0.1) is 0 Å². The van der Waals surface area contributed by atoms with Crippen LogP contribution in [0.15, 0.2) is 24.3 Å². The van der Waals surface area contributed by atoms with Crippen molar-refractivity contribution in [2.75, 3.05) is 11.9 Å². The quantitative estimate of drug-likeness (QED) is 0.881. The van der Waals surface area contributed by atoms with Crippen LogP contribution in [-0.4, -0.2) is 18.2 Å². The molecule has 1 saturated heterocycles. The van der Waals surface area contributed by atoms with Gasteiger partial charge in [-0.25, -0.2) is 4.39 Å². The summed E-state index contributed by atoms with van der Waals surface area (Å²) >= 11 is 0. The maximum atomic E-state index is 13.5. The van der Waals surface area contributed by atoms with E-state index >= 15 is 0 Å². The smallest absolute Gasteiger partial charge is 0.146 e. The predicted octanol–water partition coefficient (Wildman–Crippen LogP) is 3.73. The van der Waals surface area contributed by atoms with Gasteiger partial charge in [0, 0.05) is 6.54 Å². The number of ether oxygens (including phenoxy) is 1. The molecule has 2 fully saturated rings. The third-order valence-corrected chi connectivity index (χ3v) is 4.25. The SMILES string of the molecule is Fc1ccccc1NCC1CCC2(CCCC2)O1. The van der Waals surface area contributed by atoms with E-state index in [1.807, 2.05) is 6.07 Å². The molecular formula is C15H20FNO. The summed E-state index contributed by atoms with van der Waals surface area (Å²) in [6, 6.07) is 6.81. The number of rotatable bonds is 3. The average molecular weight is 249 g/mol. The largest absolute Gasteiger partial charge is 0.380 e. The Balaban J connectivity index is 1.54. The zero-order valence-electron chi connectivity index (χ0n) is 10.6. The number of para-hydroxylation sites is 1. The van der Waals surface area contributed by atoms with E-state index in [1.165, 1.54) is 38.2 Å². The number of halogens is 1. The van der Waals surface area contributed by atoms with Gasteiger partial charge in [0.15, 0.2) is 0 Å². The van der Waals surface area contributed by atoms with Crippen LogP contribution >= 0.6 is 0 Å². The van der Waals surface area contributed by atoms with Gasteiger partial charge in [-0.3, -0.25) is 0 Å². The molecule has 1 atom stereocenters. The molecule has 1 aromatic carbocycles. The van der Waals surface area contributed by atoms with Crippen molar-refractivity contribution in [2.24, 2.45) is 0 Å². The summed E-state index contributed by atoms with van der Waals surface area (Å²) in [5.41, 5.74) is 0.746. The summed E-state index contributed by atoms with van der Waals surface area (Å²) < 4.78 is 19.6. The summed E-state index contributed by atoms with van der Waals surface area (Å²) in [6.07, 6.45) is 7.54. The molecule has 0 amide bonds. The van der Waals surface area contributed by atoms with Crippen molar-refractivity contribution in [3.63, 3.8) is 0 Å². The van der Waals surface area contributed by atoms with Crippen molar-refractivity contribution in [1.29, 1.82) is 0 Å². The summed E-state index contributed by atoms with van der Waals surface area (Å²) in [5, 5.41) is 3.16. The van der Waals surface area contributed by atoms with Gasteiger partial charge in [-0.05, 0) is 37.8 Å². The lowest BCUT2D eigenvalue weighted by Crippen LogP contribution is -2.28. The Morgan fingerprint density at radius 3 is 2.78 bits per heavy atom. The third-order valence-electron chi connectivity index (χ3n) is 4.25. The highest BCUT2D eigenvalue weighted by atomic mass is 19.1. The van der Waals surface area contributed by atoms with Crippen LogP contribution in [0.2, 0.25) is 0 Å². The molecule has 1 aliphatic carbocycles. The van der Waals surface area contributed by atoms with E-state index in [0.717, 1.165) is 6.42 Å². The molecule has 2 nitrogen and oxygen atoms in total. The monoisotopic (exact) mass is 249 g/mol. The van der Waals surface area contributed by atoms with Crippen LogP contribution in [0.1, 0.15) is 38.5 Å². The molecule has 0 aromatic heterocycles. The number of hydrogen-bond donors (Lipinski definition) is 1. The Labute approximate surface area is 108 Å². The fourth-order valence-electron chi connectivity index (χ4n) is 3.25. The zero-order valence-corrected chi connectivity index (χ0v) is 10.6. The molecule has 3 heteroatoms. The van der Waals surface area contributed by atoms with Gasteiger partial charge in [0.05, 0.1) is 17.4 Å². The summed E-state index contributed by atoms with van der Waals surface area (Å²) in [4.78, 5) is 0. The Kier molecular flexibility index (Phi) is 3.25. The first-order valence-corrected chi connectivity index (χ1v) is 6.94. The maximum absolute atomic E-state index is 13.5. The second kappa shape index (κ2) is 4.88. The van der Waals surface area contributed by atoms with E-state index in [1.54, 1.807) is 12.1 Å². The van der Waals surface area contributed by atoms with Crippen LogP contribution in [0.5, 0.6) is 0 Å². The maximum Gasteiger partial charge on any atom is 0.146 e. The van der Waals surface area contributed by atoms with E-state index in [4.69, 9.17) is 4.74 Å². The number of anilines is 1. The van der Waals surface area contributed by atoms with Crippen molar-refractivity contribution < 1.29 is 9.13 Å². The molecular weight excluding hydrogens is 229 g/mol. The standard InChI is InChI=1S/C15H20FNO/c16-13-5-1-2-6-14(13)17-11-12-7-10-15(18-12)8-3-4-9-15/h1-2,5-6,12,17H,3-4,7-11H2. The van der Waals surface area contributed by atoms with Crippen molar-refractivity contribution in [2.45, 2.75) is 50.2 Å². The first-order chi connectivity index (χ1) is 8.77. The van der Waals surface area contributed by atoms with Crippen LogP contribution < -0.4 is 5.32 Å². The highest BCUT2D eigenvalue weighted by Crippen LogP contribution is 2.43. The molecule has 1 N–H and O–H groups in total. The fourth-order valence-corrected chi connectivity index (χ4v) is 3.25. The number of hydrogen-bond acceptors (Lipinski definition) is 2. The van der Waals surface area contributed by atoms with Crippen LogP contribution in [0, 0.1) is 5.82 Å². The molecule has 1 aliphatic heterocycles. The van der Waals surface area contributed by atoms with Gasteiger partial charge < -0.3 is 10.1 Å². The molecule has 1 unspecified atom stereocenters. The molecule has 2 aliphatic rings. The molecule has 0 radical (unpaired) electrons. The van der Waals surface area contributed by atoms with E-state index in [0.29, 0.717) is 12.2 Å². The third kappa shape index (κ3) is 2.37. The van der Waals surface area contributed by atoms with Crippen molar-refractivity contribution in [3.05, 3.63) is 30.1 Å². The lowest BCUT2D eigenvalue weighted by atomic mass is 9.98. The van der Waals surface area contributed by atoms with Crippen LogP contribution in [0.25, 0.3) is 0 Å². The average Bonchev–Trinajstić information content (AvgIpc) is 3.00. The van der Waals surface area contributed by atoms with Crippen molar-refractivity contribution in [1.82, 2.24) is 0 Å². The van der Waals surface area contributed by atoms with Crippen molar-refractivity contribution in [3.8, 4) is 0 Å². The Morgan fingerprint density at radius 1 is 1.22 bits per heavy atom. The summed E-state index contributed by atoms with van der Waals surface area (Å²) in [5.74, 6) is -0.189. The van der Waals surface area contributed by atoms with E-state index in [9.17, 15) is 4.39 Å². The highest BCUT2D eigenvalue weighted by molar-refractivity contribution is 5.44. The Bertz CT molecular complexity index is 415. The van der Waals surface area contributed by atoms with Gasteiger partial charge in [0.1, 0.15) is 5.82 Å². The van der Waals surface area contributed by atoms with Gasteiger partial charge in [0.2, 0.25) is 0 Å². The summed E-state index contributed by atoms with van der Waals surface area (Å²) in [6.45, 7) is 0.711. The highest BCUT2D eigenvalue weighted by Gasteiger charge is 2.41. The molecule has 1 saturated carbocycles. The minimum atomic E-state index is -0.189. The molecule has 3 rings (SSSR count). The second-order valence-corrected chi connectivity index (χ2v) is 5.53. The van der Waals surface area contributed by atoms with E-state index in [-0.39, 0.29) is 17.5 Å². The first-order valence-electron chi connectivity index (χ1n) is 6.94. The fraction of sp³-hybridized carbons (Fsp3) is 0.600. The first kappa shape index (κ1) is 12.0. The van der Waals surface area contributed by atoms with Gasteiger partial charge in [-0.1, -0.05) is 25.0 Å². The molecule has 1 aromatic rings. The lowest BCUT2D eigenvalue weighted by Gasteiger charge is -2.24. The number of benzene rings is 1. The topological polar surface area (TPSA) is 21.3 Å². The molecule has 0 bridgehead atoms. The van der Waals surface area contributed by atoms with Crippen LogP contribution in [0.4, 0.5) is 10.1 Å². The van der Waals surface area contributed by atoms with Gasteiger partial charge in [0.25, 0.3) is 0 Å². The van der Waals surface area contributed by atoms with Crippen LogP contribution in [-0.2, 0) is 4.74 Å². The van der Waals surface area contributed by atoms with Gasteiger partial charge >= 0.3 is 0 Å². The predicted molar refractivity (Wildman–Crippen MR) is 70.2 cm³/mol.